The van der Waals surface area contributed by atoms with Crippen molar-refractivity contribution in [2.24, 2.45) is 0 Å². The Morgan fingerprint density at radius 3 is 3.05 bits per heavy atom. The highest BCUT2D eigenvalue weighted by atomic mass is 32.1. The highest BCUT2D eigenvalue weighted by Gasteiger charge is 2.25. The molecule has 0 aliphatic carbocycles. The van der Waals surface area contributed by atoms with Crippen LogP contribution in [0, 0.1) is 0 Å². The molecular weight excluding hydrogens is 292 g/mol. The summed E-state index contributed by atoms with van der Waals surface area (Å²) in [4.78, 5) is 18.1. The van der Waals surface area contributed by atoms with Crippen LogP contribution in [0.2, 0.25) is 0 Å². The summed E-state index contributed by atoms with van der Waals surface area (Å²) in [7, 11) is 1.54. The predicted octanol–water partition coefficient (Wildman–Crippen LogP) is 2.38. The first-order chi connectivity index (χ1) is 10.2. The Bertz CT molecular complexity index is 478. The van der Waals surface area contributed by atoms with Crippen LogP contribution < -0.4 is 4.90 Å². The van der Waals surface area contributed by atoms with Crippen molar-refractivity contribution in [1.82, 2.24) is 4.98 Å². The summed E-state index contributed by atoms with van der Waals surface area (Å²) in [5, 5.41) is 10.00. The van der Waals surface area contributed by atoms with Crippen LogP contribution in [-0.2, 0) is 16.1 Å². The van der Waals surface area contributed by atoms with Gasteiger partial charge in [-0.15, -0.1) is 0 Å². The number of piperidine rings is 1. The lowest BCUT2D eigenvalue weighted by Gasteiger charge is -2.32. The number of hydrogen-bond acceptors (Lipinski definition) is 6. The SMILES string of the molecule is CCCOC1CCCN(c2nc(COC)c(C(=O)O)s2)C1. The first-order valence-electron chi connectivity index (χ1n) is 7.24. The van der Waals surface area contributed by atoms with Crippen LogP contribution in [0.5, 0.6) is 0 Å². The lowest BCUT2D eigenvalue weighted by atomic mass is 10.1. The van der Waals surface area contributed by atoms with Crippen molar-refractivity contribution in [3.05, 3.63) is 10.6 Å². The molecule has 1 N–H and O–H groups in total. The van der Waals surface area contributed by atoms with Gasteiger partial charge in [-0.3, -0.25) is 0 Å². The Labute approximate surface area is 128 Å². The molecule has 0 spiro atoms. The number of carbonyl (C=O) groups is 1. The standard InChI is InChI=1S/C14H22N2O4S/c1-3-7-20-10-5-4-6-16(8-10)14-15-11(9-19-2)12(21-14)13(17)18/h10H,3-9H2,1-2H3,(H,17,18). The Morgan fingerprint density at radius 2 is 2.38 bits per heavy atom. The van der Waals surface area contributed by atoms with Gasteiger partial charge in [-0.1, -0.05) is 18.3 Å². The molecule has 1 aromatic rings. The zero-order chi connectivity index (χ0) is 15.2. The molecule has 1 fully saturated rings. The third-order valence-electron chi connectivity index (χ3n) is 3.37. The highest BCUT2D eigenvalue weighted by molar-refractivity contribution is 7.17. The van der Waals surface area contributed by atoms with Gasteiger partial charge in [0, 0.05) is 26.8 Å². The van der Waals surface area contributed by atoms with Gasteiger partial charge in [0.05, 0.1) is 18.4 Å². The molecule has 1 aliphatic rings. The van der Waals surface area contributed by atoms with Crippen LogP contribution in [0.25, 0.3) is 0 Å². The van der Waals surface area contributed by atoms with E-state index >= 15 is 0 Å². The zero-order valence-electron chi connectivity index (χ0n) is 12.5. The minimum Gasteiger partial charge on any atom is -0.477 e. The van der Waals surface area contributed by atoms with Gasteiger partial charge in [0.1, 0.15) is 4.88 Å². The number of carboxylic acid groups (broad SMARTS) is 1. The first kappa shape index (κ1) is 16.2. The van der Waals surface area contributed by atoms with E-state index in [1.807, 2.05) is 0 Å². The topological polar surface area (TPSA) is 71.9 Å². The second-order valence-corrected chi connectivity index (χ2v) is 6.07. The van der Waals surface area contributed by atoms with Gasteiger partial charge < -0.3 is 19.5 Å². The molecule has 1 unspecified atom stereocenters. The molecule has 6 nitrogen and oxygen atoms in total. The largest absolute Gasteiger partial charge is 0.477 e. The summed E-state index contributed by atoms with van der Waals surface area (Å²) in [5.74, 6) is -0.943. The van der Waals surface area contributed by atoms with Gasteiger partial charge in [0.2, 0.25) is 0 Å². The molecule has 21 heavy (non-hydrogen) atoms. The molecule has 0 bridgehead atoms. The number of thiazole rings is 1. The van der Waals surface area contributed by atoms with E-state index in [0.29, 0.717) is 5.69 Å². The van der Waals surface area contributed by atoms with Gasteiger partial charge in [0.15, 0.2) is 5.13 Å². The van der Waals surface area contributed by atoms with Crippen molar-refractivity contribution >= 4 is 22.4 Å². The van der Waals surface area contributed by atoms with E-state index in [1.165, 1.54) is 11.3 Å². The number of aromatic carboxylic acids is 1. The van der Waals surface area contributed by atoms with E-state index in [9.17, 15) is 9.90 Å². The van der Waals surface area contributed by atoms with Crippen LogP contribution >= 0.6 is 11.3 Å². The molecule has 7 heteroatoms. The molecule has 1 saturated heterocycles. The Balaban J connectivity index is 2.09. The zero-order valence-corrected chi connectivity index (χ0v) is 13.3. The number of hydrogen-bond donors (Lipinski definition) is 1. The molecule has 0 radical (unpaired) electrons. The number of ether oxygens (including phenoxy) is 2. The molecule has 0 saturated carbocycles. The average Bonchev–Trinajstić information content (AvgIpc) is 2.90. The minimum absolute atomic E-state index is 0.210. The molecule has 0 amide bonds. The second kappa shape index (κ2) is 7.72. The molecule has 118 valence electrons. The maximum absolute atomic E-state index is 11.3. The van der Waals surface area contributed by atoms with Crippen LogP contribution in [0.4, 0.5) is 5.13 Å². The summed E-state index contributed by atoms with van der Waals surface area (Å²) >= 11 is 1.22. The van der Waals surface area contributed by atoms with Gasteiger partial charge >= 0.3 is 5.97 Å². The predicted molar refractivity (Wildman–Crippen MR) is 81.3 cm³/mol. The first-order valence-corrected chi connectivity index (χ1v) is 8.05. The van der Waals surface area contributed by atoms with Crippen molar-refractivity contribution in [2.45, 2.75) is 38.9 Å². The third-order valence-corrected chi connectivity index (χ3v) is 4.51. The van der Waals surface area contributed by atoms with E-state index in [-0.39, 0.29) is 17.6 Å². The van der Waals surface area contributed by atoms with Crippen LogP contribution in [0.3, 0.4) is 0 Å². The van der Waals surface area contributed by atoms with Gasteiger partial charge in [-0.25, -0.2) is 9.78 Å². The van der Waals surface area contributed by atoms with E-state index in [0.717, 1.165) is 44.1 Å². The molecule has 2 rings (SSSR count). The fourth-order valence-electron chi connectivity index (χ4n) is 2.41. The maximum Gasteiger partial charge on any atom is 0.347 e. The number of nitrogens with zero attached hydrogens (tertiary/aromatic N) is 2. The van der Waals surface area contributed by atoms with Crippen LogP contribution in [0.1, 0.15) is 41.6 Å². The second-order valence-electron chi connectivity index (χ2n) is 5.09. The fourth-order valence-corrected chi connectivity index (χ4v) is 3.35. The maximum atomic E-state index is 11.3. The normalized spacial score (nSPS) is 19.0. The molecule has 1 aromatic heterocycles. The Hall–Kier alpha value is -1.18. The van der Waals surface area contributed by atoms with Gasteiger partial charge in [-0.2, -0.15) is 0 Å². The van der Waals surface area contributed by atoms with E-state index in [1.54, 1.807) is 7.11 Å². The summed E-state index contributed by atoms with van der Waals surface area (Å²) in [6, 6.07) is 0. The van der Waals surface area contributed by atoms with Crippen LogP contribution in [-0.4, -0.2) is 49.0 Å². The van der Waals surface area contributed by atoms with Crippen molar-refractivity contribution < 1.29 is 19.4 Å². The van der Waals surface area contributed by atoms with Crippen LogP contribution in [0.15, 0.2) is 0 Å². The summed E-state index contributed by atoms with van der Waals surface area (Å²) < 4.78 is 10.8. The highest BCUT2D eigenvalue weighted by Crippen LogP contribution is 2.29. The number of anilines is 1. The molecular formula is C14H22N2O4S. The lowest BCUT2D eigenvalue weighted by Crippen LogP contribution is -2.39. The molecule has 1 aliphatic heterocycles. The van der Waals surface area contributed by atoms with Crippen molar-refractivity contribution in [2.75, 3.05) is 31.7 Å². The number of methoxy groups -OCH3 is 1. The lowest BCUT2D eigenvalue weighted by molar-refractivity contribution is 0.0440. The Kier molecular flexibility index (Phi) is 5.96. The summed E-state index contributed by atoms with van der Waals surface area (Å²) in [6.07, 6.45) is 3.31. The Morgan fingerprint density at radius 1 is 1.57 bits per heavy atom. The van der Waals surface area contributed by atoms with Crippen molar-refractivity contribution in [1.29, 1.82) is 0 Å². The molecule has 1 atom stereocenters. The van der Waals surface area contributed by atoms with E-state index < -0.39 is 5.97 Å². The number of rotatable bonds is 7. The smallest absolute Gasteiger partial charge is 0.347 e. The van der Waals surface area contributed by atoms with E-state index in [2.05, 4.69) is 16.8 Å². The average molecular weight is 314 g/mol. The minimum atomic E-state index is -0.943. The number of carboxylic acids is 1. The van der Waals surface area contributed by atoms with Gasteiger partial charge in [-0.05, 0) is 19.3 Å². The monoisotopic (exact) mass is 314 g/mol. The quantitative estimate of drug-likeness (QED) is 0.833. The fraction of sp³-hybridized carbons (Fsp3) is 0.714. The van der Waals surface area contributed by atoms with Crippen molar-refractivity contribution in [3.63, 3.8) is 0 Å². The summed E-state index contributed by atoms with van der Waals surface area (Å²) in [5.41, 5.74) is 0.501. The molecule has 0 aromatic carbocycles. The van der Waals surface area contributed by atoms with Crippen molar-refractivity contribution in [3.8, 4) is 0 Å². The van der Waals surface area contributed by atoms with E-state index in [4.69, 9.17) is 9.47 Å². The summed E-state index contributed by atoms with van der Waals surface area (Å²) in [6.45, 7) is 4.76. The molecule has 2 heterocycles. The van der Waals surface area contributed by atoms with Gasteiger partial charge in [0.25, 0.3) is 0 Å². The third kappa shape index (κ3) is 4.15. The number of aromatic nitrogens is 1.